The van der Waals surface area contributed by atoms with Crippen LogP contribution in [0, 0.1) is 64.1 Å². The van der Waals surface area contributed by atoms with Crippen molar-refractivity contribution in [3.63, 3.8) is 0 Å². The van der Waals surface area contributed by atoms with Crippen LogP contribution in [-0.2, 0) is 19.1 Å². The second-order valence-corrected chi connectivity index (χ2v) is 20.4. The average Bonchev–Trinajstić information content (AvgIpc) is 3.12. The van der Waals surface area contributed by atoms with E-state index in [1.165, 1.54) is 116 Å². The van der Waals surface area contributed by atoms with Crippen molar-refractivity contribution in [2.24, 2.45) is 64.1 Å². The van der Waals surface area contributed by atoms with Gasteiger partial charge in [-0.05, 0) is 161 Å². The number of hydrogen-bond donors (Lipinski definition) is 0. The van der Waals surface area contributed by atoms with E-state index >= 15 is 0 Å². The maximum absolute atomic E-state index is 13.7. The summed E-state index contributed by atoms with van der Waals surface area (Å²) in [4.78, 5) is 27.3. The lowest BCUT2D eigenvalue weighted by Gasteiger charge is -2.42. The van der Waals surface area contributed by atoms with Gasteiger partial charge in [0.2, 0.25) is 0 Å². The van der Waals surface area contributed by atoms with Crippen molar-refractivity contribution < 1.29 is 19.1 Å². The summed E-state index contributed by atoms with van der Waals surface area (Å²) in [7, 11) is 0. The molecular weight excluding hydrogens is 653 g/mol. The largest absolute Gasteiger partial charge is 0.465 e. The molecule has 7 unspecified atom stereocenters. The van der Waals surface area contributed by atoms with Gasteiger partial charge in [-0.3, -0.25) is 9.59 Å². The van der Waals surface area contributed by atoms with Crippen molar-refractivity contribution >= 4 is 11.9 Å². The third-order valence-electron chi connectivity index (χ3n) is 14.8. The highest BCUT2D eigenvalue weighted by molar-refractivity contribution is 5.82. The molecule has 0 N–H and O–H groups in total. The van der Waals surface area contributed by atoms with Crippen molar-refractivity contribution in [1.29, 1.82) is 0 Å². The summed E-state index contributed by atoms with van der Waals surface area (Å²) >= 11 is 0. The molecule has 53 heavy (non-hydrogen) atoms. The van der Waals surface area contributed by atoms with E-state index in [-0.39, 0.29) is 23.8 Å². The molecule has 0 aliphatic heterocycles. The van der Waals surface area contributed by atoms with Gasteiger partial charge >= 0.3 is 11.9 Å². The molecule has 7 atom stereocenters. The molecule has 3 fully saturated rings. The Bertz CT molecular complexity index is 1000. The topological polar surface area (TPSA) is 52.6 Å². The Morgan fingerprint density at radius 2 is 0.981 bits per heavy atom. The zero-order valence-electron chi connectivity index (χ0n) is 36.9. The first kappa shape index (κ1) is 46.3. The fourth-order valence-corrected chi connectivity index (χ4v) is 12.0. The summed E-state index contributed by atoms with van der Waals surface area (Å²) in [5.41, 5.74) is 0.933. The third-order valence-corrected chi connectivity index (χ3v) is 14.8. The summed E-state index contributed by atoms with van der Waals surface area (Å²) in [6.45, 7) is 22.5. The summed E-state index contributed by atoms with van der Waals surface area (Å²) in [6.07, 6.45) is 30.8. The number of ether oxygens (including phenoxy) is 2. The lowest BCUT2D eigenvalue weighted by Crippen LogP contribution is -2.39. The molecule has 0 aromatic rings. The number of hydrogen-bond acceptors (Lipinski definition) is 4. The van der Waals surface area contributed by atoms with Crippen LogP contribution >= 0.6 is 0 Å². The maximum atomic E-state index is 13.7. The van der Waals surface area contributed by atoms with Crippen LogP contribution in [0.5, 0.6) is 0 Å². The molecule has 4 heteroatoms. The van der Waals surface area contributed by atoms with Gasteiger partial charge in [-0.15, -0.1) is 0 Å². The van der Waals surface area contributed by atoms with Crippen molar-refractivity contribution in [3.05, 3.63) is 0 Å². The van der Waals surface area contributed by atoms with Gasteiger partial charge in [-0.2, -0.15) is 0 Å². The molecule has 0 spiro atoms. The summed E-state index contributed by atoms with van der Waals surface area (Å²) in [5.74, 6) is 3.58. The lowest BCUT2D eigenvalue weighted by atomic mass is 9.64. The normalized spacial score (nSPS) is 31.7. The standard InChI is InChI=1S/C49H90O4/c1-10-14-16-37(5)30-40(8)33-48(24-12-3)26-20-42(21-27-48)35-52-46(50)44-19-18-39(7)32-45(44)47(51)53-36-43-22-28-49(25-13-4,29-23-43)34-41(9)31-38(6)17-15-11-2/h37-45H,10-36H2,1-9H3. The summed E-state index contributed by atoms with van der Waals surface area (Å²) in [5, 5.41) is 0. The Morgan fingerprint density at radius 1 is 0.566 bits per heavy atom. The van der Waals surface area contributed by atoms with E-state index in [2.05, 4.69) is 62.3 Å². The first-order chi connectivity index (χ1) is 25.4. The molecular formula is C49H90O4. The zero-order chi connectivity index (χ0) is 38.9. The fourth-order valence-electron chi connectivity index (χ4n) is 12.0. The number of carbonyl (C=O) groups excluding carboxylic acids is 2. The highest BCUT2D eigenvalue weighted by Gasteiger charge is 2.42. The Balaban J connectivity index is 1.46. The van der Waals surface area contributed by atoms with Gasteiger partial charge in [0.1, 0.15) is 0 Å². The van der Waals surface area contributed by atoms with Gasteiger partial charge in [0.05, 0.1) is 25.0 Å². The number of esters is 2. The van der Waals surface area contributed by atoms with Gasteiger partial charge in [0.25, 0.3) is 0 Å². The Kier molecular flexibility index (Phi) is 20.9. The van der Waals surface area contributed by atoms with Crippen molar-refractivity contribution in [2.75, 3.05) is 13.2 Å². The minimum atomic E-state index is -0.352. The average molecular weight is 743 g/mol. The van der Waals surface area contributed by atoms with E-state index in [9.17, 15) is 9.59 Å². The SMILES string of the molecule is CCCCC(C)CC(C)CC1(CCC)CCC(COC(=O)C2CCC(C)CC2C(=O)OCC2CCC(CCC)(CC(C)CC(C)CCCC)CC2)CC1. The highest BCUT2D eigenvalue weighted by Crippen LogP contribution is 2.49. The Labute approximate surface area is 330 Å². The van der Waals surface area contributed by atoms with E-state index in [4.69, 9.17) is 9.47 Å². The van der Waals surface area contributed by atoms with Gasteiger partial charge in [-0.25, -0.2) is 0 Å². The van der Waals surface area contributed by atoms with Gasteiger partial charge in [-0.1, -0.05) is 114 Å². The van der Waals surface area contributed by atoms with Crippen LogP contribution in [0.4, 0.5) is 0 Å². The third kappa shape index (κ3) is 15.8. The minimum Gasteiger partial charge on any atom is -0.465 e. The minimum absolute atomic E-state index is 0.140. The molecule has 3 saturated carbocycles. The van der Waals surface area contributed by atoms with E-state index in [0.29, 0.717) is 41.8 Å². The first-order valence-corrected chi connectivity index (χ1v) is 23.7. The predicted molar refractivity (Wildman–Crippen MR) is 225 cm³/mol. The predicted octanol–water partition coefficient (Wildman–Crippen LogP) is 14.6. The molecule has 3 rings (SSSR count). The van der Waals surface area contributed by atoms with Crippen molar-refractivity contribution in [3.8, 4) is 0 Å². The second kappa shape index (κ2) is 23.9. The molecule has 310 valence electrons. The first-order valence-electron chi connectivity index (χ1n) is 23.7. The fraction of sp³-hybridized carbons (Fsp3) is 0.959. The van der Waals surface area contributed by atoms with E-state index in [1.54, 1.807) is 0 Å². The van der Waals surface area contributed by atoms with Crippen LogP contribution in [0.25, 0.3) is 0 Å². The van der Waals surface area contributed by atoms with E-state index in [1.807, 2.05) is 0 Å². The molecule has 0 aromatic carbocycles. The number of carbonyl (C=O) groups is 2. The van der Waals surface area contributed by atoms with Crippen molar-refractivity contribution in [2.45, 2.75) is 223 Å². The van der Waals surface area contributed by atoms with Gasteiger partial charge < -0.3 is 9.47 Å². The molecule has 3 aliphatic rings. The van der Waals surface area contributed by atoms with Crippen LogP contribution in [0.3, 0.4) is 0 Å². The summed E-state index contributed by atoms with van der Waals surface area (Å²) < 4.78 is 12.2. The molecule has 0 aromatic heterocycles. The zero-order valence-corrected chi connectivity index (χ0v) is 36.9. The molecule has 0 radical (unpaired) electrons. The maximum Gasteiger partial charge on any atom is 0.309 e. The van der Waals surface area contributed by atoms with Crippen LogP contribution in [0.2, 0.25) is 0 Å². The van der Waals surface area contributed by atoms with Crippen LogP contribution in [0.1, 0.15) is 223 Å². The number of rotatable bonds is 24. The number of unbranched alkanes of at least 4 members (excludes halogenated alkanes) is 2. The van der Waals surface area contributed by atoms with Crippen LogP contribution in [0.15, 0.2) is 0 Å². The van der Waals surface area contributed by atoms with Crippen LogP contribution in [-0.4, -0.2) is 25.2 Å². The molecule has 4 nitrogen and oxygen atoms in total. The Morgan fingerprint density at radius 3 is 1.38 bits per heavy atom. The molecule has 0 bridgehead atoms. The lowest BCUT2D eigenvalue weighted by molar-refractivity contribution is -0.165. The smallest absolute Gasteiger partial charge is 0.309 e. The molecule has 0 heterocycles. The Hall–Kier alpha value is -1.06. The molecule has 0 saturated heterocycles. The molecule has 0 amide bonds. The molecule has 3 aliphatic carbocycles. The van der Waals surface area contributed by atoms with E-state index in [0.717, 1.165) is 68.6 Å². The monoisotopic (exact) mass is 743 g/mol. The van der Waals surface area contributed by atoms with Gasteiger partial charge in [0.15, 0.2) is 0 Å². The highest BCUT2D eigenvalue weighted by atomic mass is 16.5. The van der Waals surface area contributed by atoms with Crippen LogP contribution < -0.4 is 0 Å². The van der Waals surface area contributed by atoms with Crippen molar-refractivity contribution in [1.82, 2.24) is 0 Å². The van der Waals surface area contributed by atoms with Gasteiger partial charge in [0, 0.05) is 0 Å². The van der Waals surface area contributed by atoms with E-state index < -0.39 is 0 Å². The summed E-state index contributed by atoms with van der Waals surface area (Å²) in [6, 6.07) is 0. The quantitative estimate of drug-likeness (QED) is 0.0924. The second-order valence-electron chi connectivity index (χ2n) is 20.4.